The molecule has 0 spiro atoms. The molecule has 7 aromatic rings. The second-order valence-electron chi connectivity index (χ2n) is 14.1. The van der Waals surface area contributed by atoms with E-state index in [0.29, 0.717) is 47.8 Å². The van der Waals surface area contributed by atoms with Gasteiger partial charge in [-0.25, -0.2) is 19.1 Å². The molecule has 11 nitrogen and oxygen atoms in total. The van der Waals surface area contributed by atoms with E-state index in [2.05, 4.69) is 21.3 Å². The molecule has 4 N–H and O–H groups in total. The lowest BCUT2D eigenvalue weighted by Gasteiger charge is -2.14. The standard InChI is InChI=1S/C43H42N8O3/c1-27(2)23-39(52)45-20-6-5-19-44-35-26-36(43(54)47-32-14-18-38-30(25-32)10-8-22-51(38)4)49-41-33(35)15-11-28-12-16-34(48-40(28)41)42(53)46-31-13-17-37-29(24-31)9-7-21-50(37)3/h7-18,21-22,24-27H,5-6,19-20,23H2,1-4H3,(H2-2,44,45,46,47,49,52,53,54)/p+2. The molecule has 0 aliphatic heterocycles. The maximum Gasteiger partial charge on any atom is 0.274 e. The van der Waals surface area contributed by atoms with Gasteiger partial charge in [-0.1, -0.05) is 26.0 Å². The van der Waals surface area contributed by atoms with Crippen LogP contribution in [0.4, 0.5) is 17.1 Å². The van der Waals surface area contributed by atoms with Gasteiger partial charge in [0.15, 0.2) is 12.4 Å². The predicted molar refractivity (Wildman–Crippen MR) is 213 cm³/mol. The van der Waals surface area contributed by atoms with Crippen LogP contribution in [0, 0.1) is 5.92 Å². The van der Waals surface area contributed by atoms with E-state index in [0.717, 1.165) is 51.1 Å². The number of unbranched alkanes of at least 4 members (excludes halogenated alkanes) is 1. The van der Waals surface area contributed by atoms with Gasteiger partial charge < -0.3 is 21.3 Å². The van der Waals surface area contributed by atoms with Crippen molar-refractivity contribution in [2.45, 2.75) is 33.1 Å². The second kappa shape index (κ2) is 15.6. The quantitative estimate of drug-likeness (QED) is 0.0640. The van der Waals surface area contributed by atoms with E-state index in [9.17, 15) is 14.4 Å². The highest BCUT2D eigenvalue weighted by atomic mass is 16.2. The Morgan fingerprint density at radius 3 is 1.89 bits per heavy atom. The van der Waals surface area contributed by atoms with Crippen LogP contribution in [-0.2, 0) is 18.9 Å². The van der Waals surface area contributed by atoms with Crippen molar-refractivity contribution in [2.75, 3.05) is 29.0 Å². The average Bonchev–Trinajstić information content (AvgIpc) is 3.15. The Balaban J connectivity index is 1.19. The second-order valence-corrected chi connectivity index (χ2v) is 14.1. The highest BCUT2D eigenvalue weighted by Crippen LogP contribution is 2.30. The maximum atomic E-state index is 13.9. The van der Waals surface area contributed by atoms with E-state index in [1.54, 1.807) is 12.1 Å². The molecule has 4 aromatic heterocycles. The summed E-state index contributed by atoms with van der Waals surface area (Å²) in [6, 6.07) is 28.7. The molecule has 11 heteroatoms. The van der Waals surface area contributed by atoms with E-state index >= 15 is 0 Å². The Kier molecular flexibility index (Phi) is 10.4. The minimum atomic E-state index is -0.372. The molecule has 4 heterocycles. The molecule has 54 heavy (non-hydrogen) atoms. The number of amides is 3. The van der Waals surface area contributed by atoms with E-state index in [1.807, 2.05) is 128 Å². The molecule has 7 rings (SSSR count). The minimum absolute atomic E-state index is 0.0629. The molecule has 3 amide bonds. The number of anilines is 3. The molecule has 0 bridgehead atoms. The van der Waals surface area contributed by atoms with Crippen molar-refractivity contribution >= 4 is 78.4 Å². The van der Waals surface area contributed by atoms with Crippen LogP contribution in [-0.4, -0.2) is 40.8 Å². The van der Waals surface area contributed by atoms with E-state index in [1.165, 1.54) is 0 Å². The largest absolute Gasteiger partial charge is 0.384 e. The smallest absolute Gasteiger partial charge is 0.274 e. The van der Waals surface area contributed by atoms with Crippen LogP contribution in [0.1, 0.15) is 54.1 Å². The first-order chi connectivity index (χ1) is 26.1. The van der Waals surface area contributed by atoms with Crippen molar-refractivity contribution < 1.29 is 23.5 Å². The lowest BCUT2D eigenvalue weighted by Crippen LogP contribution is -2.27. The van der Waals surface area contributed by atoms with Crippen LogP contribution < -0.4 is 30.4 Å². The molecule has 0 radical (unpaired) electrons. The van der Waals surface area contributed by atoms with Gasteiger partial charge in [-0.3, -0.25) is 14.4 Å². The van der Waals surface area contributed by atoms with E-state index in [4.69, 9.17) is 9.97 Å². The van der Waals surface area contributed by atoms with Crippen LogP contribution in [0.3, 0.4) is 0 Å². The lowest BCUT2D eigenvalue weighted by molar-refractivity contribution is -0.645. The van der Waals surface area contributed by atoms with Gasteiger partial charge in [-0.15, -0.1) is 0 Å². The van der Waals surface area contributed by atoms with Gasteiger partial charge in [0.25, 0.3) is 11.8 Å². The molecule has 0 saturated carbocycles. The number of carbonyl (C=O) groups is 3. The third-order valence-corrected chi connectivity index (χ3v) is 9.44. The van der Waals surface area contributed by atoms with Gasteiger partial charge >= 0.3 is 0 Å². The number of fused-ring (bicyclic) bond motifs is 5. The number of carbonyl (C=O) groups excluding carboxylic acids is 3. The molecule has 0 fully saturated rings. The van der Waals surface area contributed by atoms with Crippen molar-refractivity contribution in [3.63, 3.8) is 0 Å². The zero-order valence-electron chi connectivity index (χ0n) is 30.9. The molecular weight excluding hydrogens is 677 g/mol. The first-order valence-corrected chi connectivity index (χ1v) is 18.3. The van der Waals surface area contributed by atoms with Crippen LogP contribution >= 0.6 is 0 Å². The highest BCUT2D eigenvalue weighted by Gasteiger charge is 2.18. The topological polar surface area (TPSA) is 133 Å². The van der Waals surface area contributed by atoms with Crippen molar-refractivity contribution in [2.24, 2.45) is 20.0 Å². The summed E-state index contributed by atoms with van der Waals surface area (Å²) in [7, 11) is 3.96. The van der Waals surface area contributed by atoms with Crippen LogP contribution in [0.15, 0.2) is 103 Å². The summed E-state index contributed by atoms with van der Waals surface area (Å²) in [5, 5.41) is 16.1. The Labute approximate surface area is 313 Å². The number of rotatable bonds is 12. The Bertz CT molecular complexity index is 2570. The summed E-state index contributed by atoms with van der Waals surface area (Å²) in [5.41, 5.74) is 5.55. The normalized spacial score (nSPS) is 11.4. The fraction of sp³-hybridized carbons (Fsp3) is 0.233. The predicted octanol–water partition coefficient (Wildman–Crippen LogP) is 6.60. The summed E-state index contributed by atoms with van der Waals surface area (Å²) in [6.45, 7) is 5.26. The molecule has 0 saturated heterocycles. The number of nitrogens with zero attached hydrogens (tertiary/aromatic N) is 4. The average molecular weight is 721 g/mol. The molecular formula is C43H44N8O3+2. The monoisotopic (exact) mass is 720 g/mol. The zero-order valence-corrected chi connectivity index (χ0v) is 30.9. The third kappa shape index (κ3) is 7.95. The number of aryl methyl sites for hydroxylation is 2. The van der Waals surface area contributed by atoms with E-state index < -0.39 is 0 Å². The molecule has 272 valence electrons. The Morgan fingerprint density at radius 1 is 0.648 bits per heavy atom. The Hall–Kier alpha value is -6.49. The van der Waals surface area contributed by atoms with E-state index in [-0.39, 0.29) is 29.1 Å². The minimum Gasteiger partial charge on any atom is -0.384 e. The van der Waals surface area contributed by atoms with Gasteiger partial charge in [-0.05, 0) is 73.4 Å². The number of pyridine rings is 4. The SMILES string of the molecule is CC(C)CC(=O)NCCCCNc1cc(C(=O)Nc2ccc3c(ccc[n+]3C)c2)nc2c1ccc1ccc(C(=O)Nc3ccc4c(ccc[n+]4C)c3)nc12. The van der Waals surface area contributed by atoms with Gasteiger partial charge in [0, 0.05) is 82.4 Å². The first-order valence-electron chi connectivity index (χ1n) is 18.3. The Morgan fingerprint density at radius 2 is 1.24 bits per heavy atom. The lowest BCUT2D eigenvalue weighted by atomic mass is 10.1. The number of nitrogens with one attached hydrogen (secondary N) is 4. The molecule has 0 unspecified atom stereocenters. The third-order valence-electron chi connectivity index (χ3n) is 9.44. The molecule has 0 atom stereocenters. The number of hydrogen-bond acceptors (Lipinski definition) is 6. The van der Waals surface area contributed by atoms with Crippen LogP contribution in [0.2, 0.25) is 0 Å². The van der Waals surface area contributed by atoms with Crippen molar-refractivity contribution in [3.8, 4) is 0 Å². The van der Waals surface area contributed by atoms with Crippen molar-refractivity contribution in [3.05, 3.63) is 115 Å². The number of benzene rings is 3. The highest BCUT2D eigenvalue weighted by molar-refractivity contribution is 6.13. The van der Waals surface area contributed by atoms with Gasteiger partial charge in [0.05, 0.1) is 11.0 Å². The fourth-order valence-corrected chi connectivity index (χ4v) is 6.68. The van der Waals surface area contributed by atoms with Crippen molar-refractivity contribution in [1.82, 2.24) is 15.3 Å². The number of aromatic nitrogens is 4. The first kappa shape index (κ1) is 35.9. The van der Waals surface area contributed by atoms with Gasteiger partial charge in [0.2, 0.25) is 16.9 Å². The summed E-state index contributed by atoms with van der Waals surface area (Å²) in [5.74, 6) is -0.353. The summed E-state index contributed by atoms with van der Waals surface area (Å²) < 4.78 is 4.05. The molecule has 0 aliphatic carbocycles. The molecule has 3 aromatic carbocycles. The van der Waals surface area contributed by atoms with Gasteiger partial charge in [-0.2, -0.15) is 0 Å². The van der Waals surface area contributed by atoms with Crippen LogP contribution in [0.25, 0.3) is 43.6 Å². The summed E-state index contributed by atoms with van der Waals surface area (Å²) in [6.07, 6.45) is 6.07. The molecule has 0 aliphatic rings. The summed E-state index contributed by atoms with van der Waals surface area (Å²) in [4.78, 5) is 49.2. The zero-order chi connectivity index (χ0) is 37.8. The fourth-order valence-electron chi connectivity index (χ4n) is 6.68. The van der Waals surface area contributed by atoms with Crippen molar-refractivity contribution in [1.29, 1.82) is 0 Å². The summed E-state index contributed by atoms with van der Waals surface area (Å²) >= 11 is 0. The van der Waals surface area contributed by atoms with Crippen LogP contribution in [0.5, 0.6) is 0 Å². The number of hydrogen-bond donors (Lipinski definition) is 4. The van der Waals surface area contributed by atoms with Gasteiger partial charge in [0.1, 0.15) is 25.5 Å². The maximum absolute atomic E-state index is 13.9.